The molecule has 1 heterocycles. The Morgan fingerprint density at radius 3 is 2.58 bits per heavy atom. The van der Waals surface area contributed by atoms with Crippen LogP contribution in [0.4, 0.5) is 0 Å². The molecule has 0 fully saturated rings. The molecule has 1 aromatic rings. The lowest BCUT2D eigenvalue weighted by Crippen LogP contribution is -2.48. The van der Waals surface area contributed by atoms with Crippen molar-refractivity contribution in [2.75, 3.05) is 6.54 Å². The number of hydrogen-bond donors (Lipinski definition) is 3. The Balaban J connectivity index is 2.41. The number of amides is 1. The maximum absolute atomic E-state index is 11.0. The lowest BCUT2D eigenvalue weighted by atomic mass is 10.2. The average molecular weight is 284 g/mol. The lowest BCUT2D eigenvalue weighted by Gasteiger charge is -2.18. The summed E-state index contributed by atoms with van der Waals surface area (Å²) in [4.78, 5) is 24.4. The van der Waals surface area contributed by atoms with Gasteiger partial charge in [0.15, 0.2) is 0 Å². The minimum absolute atomic E-state index is 0.161. The Bertz CT molecular complexity index is 445. The molecule has 19 heavy (non-hydrogen) atoms. The molecule has 1 aromatic heterocycles. The first-order chi connectivity index (χ1) is 8.88. The van der Waals surface area contributed by atoms with Gasteiger partial charge in [0.2, 0.25) is 5.91 Å². The predicted molar refractivity (Wildman–Crippen MR) is 75.5 cm³/mol. The van der Waals surface area contributed by atoms with Crippen molar-refractivity contribution in [2.45, 2.75) is 39.3 Å². The molecule has 0 bridgehead atoms. The molecular weight excluding hydrogens is 264 g/mol. The molecule has 3 N–H and O–H groups in total. The van der Waals surface area contributed by atoms with Crippen LogP contribution in [0.5, 0.6) is 0 Å². The molecule has 0 aliphatic rings. The summed E-state index contributed by atoms with van der Waals surface area (Å²) in [6, 6.07) is 3.43. The third kappa shape index (κ3) is 5.85. The number of nitrogens with one attached hydrogen (secondary N) is 2. The molecule has 2 atom stereocenters. The molecule has 0 aliphatic heterocycles. The number of aryl methyl sites for hydroxylation is 1. The molecule has 6 heteroatoms. The summed E-state index contributed by atoms with van der Waals surface area (Å²) in [7, 11) is 0. The van der Waals surface area contributed by atoms with Gasteiger partial charge in [0.1, 0.15) is 6.04 Å². The van der Waals surface area contributed by atoms with Gasteiger partial charge in [0.25, 0.3) is 0 Å². The summed E-state index contributed by atoms with van der Waals surface area (Å²) < 4.78 is 0. The Hall–Kier alpha value is -1.40. The van der Waals surface area contributed by atoms with Gasteiger partial charge in [-0.05, 0) is 32.4 Å². The van der Waals surface area contributed by atoms with Crippen LogP contribution in [-0.4, -0.2) is 35.6 Å². The molecule has 0 aliphatic carbocycles. The monoisotopic (exact) mass is 284 g/mol. The molecule has 0 saturated heterocycles. The van der Waals surface area contributed by atoms with E-state index < -0.39 is 12.0 Å². The van der Waals surface area contributed by atoms with Crippen LogP contribution in [0.1, 0.15) is 23.6 Å². The van der Waals surface area contributed by atoms with E-state index in [0.717, 1.165) is 6.42 Å². The fourth-order valence-corrected chi connectivity index (χ4v) is 2.75. The third-order valence-corrected chi connectivity index (χ3v) is 3.67. The fraction of sp³-hybridized carbons (Fsp3) is 0.538. The minimum Gasteiger partial charge on any atom is -0.480 e. The van der Waals surface area contributed by atoms with Crippen molar-refractivity contribution < 1.29 is 14.7 Å². The topological polar surface area (TPSA) is 78.4 Å². The molecule has 0 spiro atoms. The number of rotatable bonds is 7. The lowest BCUT2D eigenvalue weighted by molar-refractivity contribution is -0.141. The molecule has 1 amide bonds. The number of carboxylic acid groups (broad SMARTS) is 1. The van der Waals surface area contributed by atoms with Crippen molar-refractivity contribution in [3.05, 3.63) is 21.9 Å². The van der Waals surface area contributed by atoms with E-state index in [4.69, 9.17) is 5.11 Å². The second-order valence-electron chi connectivity index (χ2n) is 4.62. The molecule has 0 radical (unpaired) electrons. The van der Waals surface area contributed by atoms with E-state index in [1.807, 2.05) is 6.92 Å². The van der Waals surface area contributed by atoms with Crippen molar-refractivity contribution in [3.8, 4) is 0 Å². The molecule has 2 unspecified atom stereocenters. The van der Waals surface area contributed by atoms with Crippen LogP contribution in [0.15, 0.2) is 12.1 Å². The number of aliphatic carboxylic acids is 1. The van der Waals surface area contributed by atoms with Crippen molar-refractivity contribution in [2.24, 2.45) is 0 Å². The standard InChI is InChI=1S/C13H20N2O3S/c1-8(6-11-5-4-9(2)19-11)14-7-12(13(17)18)15-10(3)16/h4-5,8,12,14H,6-7H2,1-3H3,(H,15,16)(H,17,18). The fourth-order valence-electron chi connectivity index (χ4n) is 1.73. The van der Waals surface area contributed by atoms with Crippen molar-refractivity contribution in [1.82, 2.24) is 10.6 Å². The molecule has 5 nitrogen and oxygen atoms in total. The van der Waals surface area contributed by atoms with Crippen molar-refractivity contribution >= 4 is 23.2 Å². The quantitative estimate of drug-likeness (QED) is 0.702. The zero-order valence-electron chi connectivity index (χ0n) is 11.4. The Morgan fingerprint density at radius 2 is 2.11 bits per heavy atom. The van der Waals surface area contributed by atoms with E-state index in [9.17, 15) is 9.59 Å². The number of carboxylic acids is 1. The van der Waals surface area contributed by atoms with E-state index in [2.05, 4.69) is 29.7 Å². The highest BCUT2D eigenvalue weighted by atomic mass is 32.1. The summed E-state index contributed by atoms with van der Waals surface area (Å²) in [5, 5.41) is 14.5. The number of thiophene rings is 1. The predicted octanol–water partition coefficient (Wildman–Crippen LogP) is 1.17. The highest BCUT2D eigenvalue weighted by Crippen LogP contribution is 2.16. The molecule has 106 valence electrons. The zero-order valence-corrected chi connectivity index (χ0v) is 12.2. The van der Waals surface area contributed by atoms with Gasteiger partial charge in [-0.25, -0.2) is 4.79 Å². The molecule has 1 rings (SSSR count). The van der Waals surface area contributed by atoms with Gasteiger partial charge in [-0.1, -0.05) is 0 Å². The van der Waals surface area contributed by atoms with Gasteiger partial charge in [0.05, 0.1) is 0 Å². The summed E-state index contributed by atoms with van der Waals surface area (Å²) in [5.41, 5.74) is 0. The van der Waals surface area contributed by atoms with Crippen LogP contribution in [0.25, 0.3) is 0 Å². The van der Waals surface area contributed by atoms with Crippen LogP contribution in [0.2, 0.25) is 0 Å². The van der Waals surface area contributed by atoms with E-state index in [0.29, 0.717) is 0 Å². The normalized spacial score (nSPS) is 13.8. The van der Waals surface area contributed by atoms with E-state index in [1.165, 1.54) is 16.7 Å². The van der Waals surface area contributed by atoms with Crippen LogP contribution in [-0.2, 0) is 16.0 Å². The van der Waals surface area contributed by atoms with Gasteiger partial charge in [-0.15, -0.1) is 11.3 Å². The first kappa shape index (κ1) is 15.7. The second kappa shape index (κ2) is 7.25. The van der Waals surface area contributed by atoms with Crippen molar-refractivity contribution in [1.29, 1.82) is 0 Å². The smallest absolute Gasteiger partial charge is 0.327 e. The Morgan fingerprint density at radius 1 is 1.42 bits per heavy atom. The molecular formula is C13H20N2O3S. The number of carbonyl (C=O) groups is 2. The Kier molecular flexibility index (Phi) is 5.98. The molecule has 0 saturated carbocycles. The summed E-state index contributed by atoms with van der Waals surface area (Å²) in [6.07, 6.45) is 0.852. The molecule has 0 aromatic carbocycles. The average Bonchev–Trinajstić information content (AvgIpc) is 2.69. The summed E-state index contributed by atoms with van der Waals surface area (Å²) in [5.74, 6) is -1.36. The number of carbonyl (C=O) groups excluding carboxylic acids is 1. The number of hydrogen-bond acceptors (Lipinski definition) is 4. The maximum Gasteiger partial charge on any atom is 0.327 e. The summed E-state index contributed by atoms with van der Waals surface area (Å²) in [6.45, 7) is 5.60. The van der Waals surface area contributed by atoms with Gasteiger partial charge in [-0.2, -0.15) is 0 Å². The van der Waals surface area contributed by atoms with Crippen LogP contribution in [0.3, 0.4) is 0 Å². The van der Waals surface area contributed by atoms with Gasteiger partial charge >= 0.3 is 5.97 Å². The highest BCUT2D eigenvalue weighted by molar-refractivity contribution is 7.11. The van der Waals surface area contributed by atoms with Crippen LogP contribution in [0, 0.1) is 6.92 Å². The summed E-state index contributed by atoms with van der Waals surface area (Å²) >= 11 is 1.74. The largest absolute Gasteiger partial charge is 0.480 e. The van der Waals surface area contributed by atoms with E-state index >= 15 is 0 Å². The van der Waals surface area contributed by atoms with Gasteiger partial charge in [-0.3, -0.25) is 4.79 Å². The second-order valence-corrected chi connectivity index (χ2v) is 5.99. The third-order valence-electron chi connectivity index (χ3n) is 2.65. The van der Waals surface area contributed by atoms with Gasteiger partial charge < -0.3 is 15.7 Å². The highest BCUT2D eigenvalue weighted by Gasteiger charge is 2.18. The van der Waals surface area contributed by atoms with E-state index in [-0.39, 0.29) is 18.5 Å². The first-order valence-corrected chi connectivity index (χ1v) is 6.98. The van der Waals surface area contributed by atoms with Crippen LogP contribution >= 0.6 is 11.3 Å². The minimum atomic E-state index is -1.03. The Labute approximate surface area is 117 Å². The first-order valence-electron chi connectivity index (χ1n) is 6.17. The zero-order chi connectivity index (χ0) is 14.4. The van der Waals surface area contributed by atoms with E-state index in [1.54, 1.807) is 11.3 Å². The van der Waals surface area contributed by atoms with Crippen molar-refractivity contribution in [3.63, 3.8) is 0 Å². The van der Waals surface area contributed by atoms with Crippen LogP contribution < -0.4 is 10.6 Å². The SMILES string of the molecule is CC(=O)NC(CNC(C)Cc1ccc(C)s1)C(=O)O. The maximum atomic E-state index is 11.0. The van der Waals surface area contributed by atoms with Gasteiger partial charge in [0, 0.05) is 29.3 Å².